The van der Waals surface area contributed by atoms with Gasteiger partial charge in [0.1, 0.15) is 0 Å². The molecule has 3 unspecified atom stereocenters. The second-order valence-electron chi connectivity index (χ2n) is 6.59. The van der Waals surface area contributed by atoms with E-state index in [0.29, 0.717) is 18.6 Å². The molecule has 4 nitrogen and oxygen atoms in total. The minimum atomic E-state index is 0.285. The van der Waals surface area contributed by atoms with Crippen molar-refractivity contribution in [1.82, 2.24) is 14.7 Å². The highest BCUT2D eigenvalue weighted by Crippen LogP contribution is 2.32. The molecule has 0 aliphatic heterocycles. The summed E-state index contributed by atoms with van der Waals surface area (Å²) in [6.07, 6.45) is 9.52. The SMILES string of the molecule is CC1CCCCC1N(C)C(CN)c1cnn(C(C)C)c1. The van der Waals surface area contributed by atoms with Crippen LogP contribution in [-0.4, -0.2) is 34.3 Å². The summed E-state index contributed by atoms with van der Waals surface area (Å²) in [6, 6.07) is 1.34. The topological polar surface area (TPSA) is 47.1 Å². The summed E-state index contributed by atoms with van der Waals surface area (Å²) < 4.78 is 2.02. The lowest BCUT2D eigenvalue weighted by Gasteiger charge is -2.40. The quantitative estimate of drug-likeness (QED) is 0.900. The van der Waals surface area contributed by atoms with Gasteiger partial charge in [0.15, 0.2) is 0 Å². The molecule has 0 spiro atoms. The van der Waals surface area contributed by atoms with Gasteiger partial charge in [0.25, 0.3) is 0 Å². The lowest BCUT2D eigenvalue weighted by Crippen LogP contribution is -2.43. The summed E-state index contributed by atoms with van der Waals surface area (Å²) in [5.74, 6) is 0.767. The highest BCUT2D eigenvalue weighted by atomic mass is 15.3. The highest BCUT2D eigenvalue weighted by molar-refractivity contribution is 5.12. The largest absolute Gasteiger partial charge is 0.329 e. The Morgan fingerprint density at radius 3 is 2.65 bits per heavy atom. The van der Waals surface area contributed by atoms with Gasteiger partial charge >= 0.3 is 0 Å². The van der Waals surface area contributed by atoms with Crippen molar-refractivity contribution in [3.05, 3.63) is 18.0 Å². The van der Waals surface area contributed by atoms with Crippen LogP contribution in [0.4, 0.5) is 0 Å². The Morgan fingerprint density at radius 1 is 1.40 bits per heavy atom. The van der Waals surface area contributed by atoms with Crippen LogP contribution in [0.15, 0.2) is 12.4 Å². The summed E-state index contributed by atoms with van der Waals surface area (Å²) in [5, 5.41) is 4.47. The molecule has 1 saturated carbocycles. The molecule has 0 saturated heterocycles. The molecule has 1 fully saturated rings. The van der Waals surface area contributed by atoms with Gasteiger partial charge in [-0.15, -0.1) is 0 Å². The van der Waals surface area contributed by atoms with Crippen LogP contribution in [0.3, 0.4) is 0 Å². The van der Waals surface area contributed by atoms with Gasteiger partial charge in [0.2, 0.25) is 0 Å². The van der Waals surface area contributed by atoms with Crippen molar-refractivity contribution in [2.45, 2.75) is 64.6 Å². The molecule has 0 amide bonds. The van der Waals surface area contributed by atoms with E-state index in [9.17, 15) is 0 Å². The first-order valence-electron chi connectivity index (χ1n) is 8.00. The third-order valence-electron chi connectivity index (χ3n) is 4.84. The van der Waals surface area contributed by atoms with Crippen LogP contribution in [0, 0.1) is 5.92 Å². The zero-order chi connectivity index (χ0) is 14.7. The molecule has 1 aromatic rings. The number of aromatic nitrogens is 2. The van der Waals surface area contributed by atoms with Gasteiger partial charge in [-0.05, 0) is 39.7 Å². The lowest BCUT2D eigenvalue weighted by molar-refractivity contribution is 0.0991. The molecule has 1 aliphatic carbocycles. The van der Waals surface area contributed by atoms with Gasteiger partial charge in [-0.25, -0.2) is 0 Å². The van der Waals surface area contributed by atoms with Crippen molar-refractivity contribution in [3.8, 4) is 0 Å². The fraction of sp³-hybridized carbons (Fsp3) is 0.812. The predicted octanol–water partition coefficient (Wildman–Crippen LogP) is 2.97. The Labute approximate surface area is 123 Å². The van der Waals surface area contributed by atoms with Crippen LogP contribution in [0.5, 0.6) is 0 Å². The van der Waals surface area contributed by atoms with E-state index in [1.165, 1.54) is 31.2 Å². The van der Waals surface area contributed by atoms with E-state index in [4.69, 9.17) is 5.73 Å². The van der Waals surface area contributed by atoms with Crippen molar-refractivity contribution in [2.24, 2.45) is 11.7 Å². The molecule has 1 aliphatic rings. The van der Waals surface area contributed by atoms with Gasteiger partial charge < -0.3 is 5.73 Å². The Bertz CT molecular complexity index is 412. The summed E-state index contributed by atoms with van der Waals surface area (Å²) in [6.45, 7) is 7.34. The first kappa shape index (κ1) is 15.5. The van der Waals surface area contributed by atoms with Gasteiger partial charge in [0, 0.05) is 30.4 Å². The third-order valence-corrected chi connectivity index (χ3v) is 4.84. The van der Waals surface area contributed by atoms with Crippen LogP contribution < -0.4 is 5.73 Å². The minimum absolute atomic E-state index is 0.285. The summed E-state index contributed by atoms with van der Waals surface area (Å²) >= 11 is 0. The Balaban J connectivity index is 2.13. The lowest BCUT2D eigenvalue weighted by atomic mass is 9.84. The van der Waals surface area contributed by atoms with Crippen molar-refractivity contribution in [1.29, 1.82) is 0 Å². The van der Waals surface area contributed by atoms with E-state index >= 15 is 0 Å². The van der Waals surface area contributed by atoms with Crippen LogP contribution >= 0.6 is 0 Å². The van der Waals surface area contributed by atoms with E-state index in [1.807, 2.05) is 10.9 Å². The zero-order valence-corrected chi connectivity index (χ0v) is 13.4. The first-order valence-corrected chi connectivity index (χ1v) is 8.00. The monoisotopic (exact) mass is 278 g/mol. The number of nitrogens with zero attached hydrogens (tertiary/aromatic N) is 3. The fourth-order valence-corrected chi connectivity index (χ4v) is 3.48. The van der Waals surface area contributed by atoms with Crippen molar-refractivity contribution in [3.63, 3.8) is 0 Å². The zero-order valence-electron chi connectivity index (χ0n) is 13.4. The Kier molecular flexibility index (Phi) is 5.22. The van der Waals surface area contributed by atoms with E-state index < -0.39 is 0 Å². The number of nitrogens with two attached hydrogens (primary N) is 1. The van der Waals surface area contributed by atoms with E-state index in [0.717, 1.165) is 5.92 Å². The normalized spacial score (nSPS) is 25.4. The maximum atomic E-state index is 6.06. The van der Waals surface area contributed by atoms with Crippen LogP contribution in [0.25, 0.3) is 0 Å². The second kappa shape index (κ2) is 6.72. The molecule has 2 rings (SSSR count). The van der Waals surface area contributed by atoms with Crippen molar-refractivity contribution in [2.75, 3.05) is 13.6 Å². The number of likely N-dealkylation sites (N-methyl/N-ethyl adjacent to an activating group) is 1. The maximum absolute atomic E-state index is 6.06. The van der Waals surface area contributed by atoms with E-state index in [-0.39, 0.29) is 6.04 Å². The van der Waals surface area contributed by atoms with Crippen LogP contribution in [-0.2, 0) is 0 Å². The second-order valence-corrected chi connectivity index (χ2v) is 6.59. The summed E-state index contributed by atoms with van der Waals surface area (Å²) in [5.41, 5.74) is 7.32. The van der Waals surface area contributed by atoms with Crippen molar-refractivity contribution >= 4 is 0 Å². The van der Waals surface area contributed by atoms with Gasteiger partial charge in [-0.1, -0.05) is 19.8 Å². The summed E-state index contributed by atoms with van der Waals surface area (Å²) in [7, 11) is 2.23. The average Bonchev–Trinajstić information content (AvgIpc) is 2.89. The standard InChI is InChI=1S/C16H30N4/c1-12(2)20-11-14(10-18-20)16(9-17)19(4)15-8-6-5-7-13(15)3/h10-13,15-16H,5-9,17H2,1-4H3. The Hall–Kier alpha value is -0.870. The average molecular weight is 278 g/mol. The fourth-order valence-electron chi connectivity index (χ4n) is 3.48. The number of hydrogen-bond acceptors (Lipinski definition) is 3. The third kappa shape index (κ3) is 3.23. The predicted molar refractivity (Wildman–Crippen MR) is 83.6 cm³/mol. The molecule has 4 heteroatoms. The number of rotatable bonds is 5. The molecule has 0 bridgehead atoms. The van der Waals surface area contributed by atoms with E-state index in [2.05, 4.69) is 44.0 Å². The summed E-state index contributed by atoms with van der Waals surface area (Å²) in [4.78, 5) is 2.49. The number of hydrogen-bond donors (Lipinski definition) is 1. The molecular formula is C16H30N4. The van der Waals surface area contributed by atoms with Gasteiger partial charge in [-0.2, -0.15) is 5.10 Å². The first-order chi connectivity index (χ1) is 9.54. The van der Waals surface area contributed by atoms with Crippen LogP contribution in [0.2, 0.25) is 0 Å². The van der Waals surface area contributed by atoms with Crippen LogP contribution in [0.1, 0.15) is 64.1 Å². The van der Waals surface area contributed by atoms with Gasteiger partial charge in [0.05, 0.1) is 12.2 Å². The molecule has 1 heterocycles. The smallest absolute Gasteiger partial charge is 0.0538 e. The molecule has 20 heavy (non-hydrogen) atoms. The maximum Gasteiger partial charge on any atom is 0.0538 e. The van der Waals surface area contributed by atoms with Gasteiger partial charge in [-0.3, -0.25) is 9.58 Å². The molecule has 3 atom stereocenters. The molecule has 0 aromatic carbocycles. The molecular weight excluding hydrogens is 248 g/mol. The minimum Gasteiger partial charge on any atom is -0.329 e. The van der Waals surface area contributed by atoms with E-state index in [1.54, 1.807) is 0 Å². The molecule has 114 valence electrons. The molecule has 1 aromatic heterocycles. The van der Waals surface area contributed by atoms with Crippen molar-refractivity contribution < 1.29 is 0 Å². The molecule has 2 N–H and O–H groups in total. The Morgan fingerprint density at radius 2 is 2.10 bits per heavy atom. The molecule has 0 radical (unpaired) electrons. The highest BCUT2D eigenvalue weighted by Gasteiger charge is 2.30.